The number of rotatable bonds is 2. The molecule has 0 saturated heterocycles. The summed E-state index contributed by atoms with van der Waals surface area (Å²) < 4.78 is 12.4. The third-order valence-corrected chi connectivity index (χ3v) is 6.37. The smallest absolute Gasteiger partial charge is 0.198 e. The molecule has 2 aromatic carbocycles. The van der Waals surface area contributed by atoms with Crippen LogP contribution in [0.15, 0.2) is 53.6 Å². The molecule has 4 heteroatoms. The number of para-hydroxylation sites is 1. The van der Waals surface area contributed by atoms with Crippen LogP contribution >= 0.6 is 0 Å². The van der Waals surface area contributed by atoms with Crippen LogP contribution in [0.25, 0.3) is 0 Å². The predicted octanol–water partition coefficient (Wildman–Crippen LogP) is 5.15. The number of nitrogens with zero attached hydrogens (tertiary/aromatic N) is 2. The van der Waals surface area contributed by atoms with E-state index in [9.17, 15) is 0 Å². The minimum atomic E-state index is -0.352. The van der Waals surface area contributed by atoms with Crippen LogP contribution < -0.4 is 9.47 Å². The number of methoxy groups -OCH3 is 1. The Labute approximate surface area is 160 Å². The van der Waals surface area contributed by atoms with Gasteiger partial charge in [-0.05, 0) is 30.4 Å². The molecule has 2 aliphatic heterocycles. The molecular weight excluding hydrogens is 336 g/mol. The minimum absolute atomic E-state index is 0.215. The standard InChI is InChI=1S/C23H26N2O2/c1-16-11-13-23(14-12-16)25-20(15-19(24-25)17-7-4-3-5-8-17)18-9-6-10-21(26-2)22(18)27-23/h3-10,16,20H,11-15H2,1-2H3. The lowest BCUT2D eigenvalue weighted by Gasteiger charge is -2.50. The molecule has 1 fully saturated rings. The zero-order chi connectivity index (χ0) is 18.4. The minimum Gasteiger partial charge on any atom is -0.493 e. The van der Waals surface area contributed by atoms with Crippen molar-refractivity contribution in [1.82, 2.24) is 5.01 Å². The topological polar surface area (TPSA) is 34.1 Å². The zero-order valence-corrected chi connectivity index (χ0v) is 16.0. The van der Waals surface area contributed by atoms with Gasteiger partial charge in [0.25, 0.3) is 0 Å². The van der Waals surface area contributed by atoms with Gasteiger partial charge >= 0.3 is 0 Å². The number of ether oxygens (including phenoxy) is 2. The number of fused-ring (bicyclic) bond motifs is 4. The molecule has 1 saturated carbocycles. The number of hydrazone groups is 1. The van der Waals surface area contributed by atoms with Crippen LogP contribution in [0.1, 0.15) is 56.2 Å². The maximum absolute atomic E-state index is 6.72. The van der Waals surface area contributed by atoms with Crippen LogP contribution in [0.2, 0.25) is 0 Å². The average molecular weight is 362 g/mol. The van der Waals surface area contributed by atoms with Gasteiger partial charge in [-0.15, -0.1) is 0 Å². The molecular formula is C23H26N2O2. The van der Waals surface area contributed by atoms with Crippen molar-refractivity contribution in [2.24, 2.45) is 11.0 Å². The van der Waals surface area contributed by atoms with Crippen molar-refractivity contribution in [2.45, 2.75) is 50.8 Å². The molecule has 3 aliphatic rings. The van der Waals surface area contributed by atoms with Gasteiger partial charge in [-0.1, -0.05) is 49.4 Å². The maximum atomic E-state index is 6.72. The van der Waals surface area contributed by atoms with Crippen LogP contribution in [0, 0.1) is 5.92 Å². The first-order chi connectivity index (χ1) is 13.2. The van der Waals surface area contributed by atoms with Gasteiger partial charge in [0.15, 0.2) is 17.2 Å². The Hall–Kier alpha value is -2.49. The van der Waals surface area contributed by atoms with E-state index < -0.39 is 0 Å². The molecule has 4 nitrogen and oxygen atoms in total. The lowest BCUT2D eigenvalue weighted by molar-refractivity contribution is -0.146. The van der Waals surface area contributed by atoms with Crippen molar-refractivity contribution in [1.29, 1.82) is 0 Å². The molecule has 0 bridgehead atoms. The SMILES string of the molecule is COc1cccc2c1OC1(CCC(C)CC1)N1N=C(c3ccccc3)CC21. The Morgan fingerprint density at radius 1 is 1.07 bits per heavy atom. The van der Waals surface area contributed by atoms with Crippen LogP contribution in [0.5, 0.6) is 11.5 Å². The van der Waals surface area contributed by atoms with E-state index in [0.29, 0.717) is 0 Å². The van der Waals surface area contributed by atoms with E-state index in [1.807, 2.05) is 6.07 Å². The van der Waals surface area contributed by atoms with Gasteiger partial charge in [0, 0.05) is 24.8 Å². The second-order valence-electron chi connectivity index (χ2n) is 8.09. The Morgan fingerprint density at radius 2 is 1.85 bits per heavy atom. The molecule has 1 unspecified atom stereocenters. The monoisotopic (exact) mass is 362 g/mol. The van der Waals surface area contributed by atoms with E-state index in [0.717, 1.165) is 42.4 Å². The first-order valence-electron chi connectivity index (χ1n) is 9.98. The predicted molar refractivity (Wildman–Crippen MR) is 106 cm³/mol. The fourth-order valence-electron chi connectivity index (χ4n) is 4.78. The summed E-state index contributed by atoms with van der Waals surface area (Å²) >= 11 is 0. The van der Waals surface area contributed by atoms with Gasteiger partial charge in [0.05, 0.1) is 18.9 Å². The lowest BCUT2D eigenvalue weighted by atomic mass is 9.82. The van der Waals surface area contributed by atoms with E-state index in [2.05, 4.69) is 54.4 Å². The van der Waals surface area contributed by atoms with Crippen LogP contribution in [0.4, 0.5) is 0 Å². The van der Waals surface area contributed by atoms with Crippen molar-refractivity contribution in [3.63, 3.8) is 0 Å². The van der Waals surface area contributed by atoms with E-state index in [1.54, 1.807) is 7.11 Å². The number of hydrogen-bond acceptors (Lipinski definition) is 4. The van der Waals surface area contributed by atoms with Crippen molar-refractivity contribution < 1.29 is 9.47 Å². The van der Waals surface area contributed by atoms with Gasteiger partial charge in [-0.3, -0.25) is 0 Å². The highest BCUT2D eigenvalue weighted by Gasteiger charge is 2.52. The first-order valence-corrected chi connectivity index (χ1v) is 9.98. The normalized spacial score (nSPS) is 29.0. The fraction of sp³-hybridized carbons (Fsp3) is 0.435. The second kappa shape index (κ2) is 6.29. The summed E-state index contributed by atoms with van der Waals surface area (Å²) in [6.45, 7) is 2.34. The molecule has 1 aliphatic carbocycles. The Morgan fingerprint density at radius 3 is 2.59 bits per heavy atom. The summed E-state index contributed by atoms with van der Waals surface area (Å²) in [5, 5.41) is 7.40. The molecule has 0 radical (unpaired) electrons. The zero-order valence-electron chi connectivity index (χ0n) is 16.0. The molecule has 2 aromatic rings. The van der Waals surface area contributed by atoms with Gasteiger partial charge < -0.3 is 9.47 Å². The van der Waals surface area contributed by atoms with E-state index >= 15 is 0 Å². The van der Waals surface area contributed by atoms with Gasteiger partial charge in [-0.2, -0.15) is 5.10 Å². The number of hydrogen-bond donors (Lipinski definition) is 0. The quantitative estimate of drug-likeness (QED) is 0.741. The summed E-state index contributed by atoms with van der Waals surface area (Å²) in [5.41, 5.74) is 3.19. The summed E-state index contributed by atoms with van der Waals surface area (Å²) in [6.07, 6.45) is 5.26. The highest BCUT2D eigenvalue weighted by molar-refractivity contribution is 6.02. The Balaban J connectivity index is 1.61. The van der Waals surface area contributed by atoms with Crippen LogP contribution in [0.3, 0.4) is 0 Å². The van der Waals surface area contributed by atoms with E-state index in [-0.39, 0.29) is 11.8 Å². The molecule has 0 N–H and O–H groups in total. The van der Waals surface area contributed by atoms with Crippen molar-refractivity contribution in [2.75, 3.05) is 7.11 Å². The molecule has 0 aromatic heterocycles. The van der Waals surface area contributed by atoms with Gasteiger partial charge in [-0.25, -0.2) is 5.01 Å². The van der Waals surface area contributed by atoms with Gasteiger partial charge in [0.2, 0.25) is 0 Å². The van der Waals surface area contributed by atoms with E-state index in [4.69, 9.17) is 14.6 Å². The number of benzene rings is 2. The largest absolute Gasteiger partial charge is 0.493 e. The fourth-order valence-corrected chi connectivity index (χ4v) is 4.78. The highest BCUT2D eigenvalue weighted by atomic mass is 16.5. The Bertz CT molecular complexity index is 869. The van der Waals surface area contributed by atoms with Crippen LogP contribution in [-0.4, -0.2) is 23.6 Å². The first kappa shape index (κ1) is 16.7. The molecule has 1 atom stereocenters. The van der Waals surface area contributed by atoms with E-state index in [1.165, 1.54) is 24.0 Å². The van der Waals surface area contributed by atoms with Crippen LogP contribution in [-0.2, 0) is 0 Å². The molecule has 0 amide bonds. The lowest BCUT2D eigenvalue weighted by Crippen LogP contribution is -2.55. The highest BCUT2D eigenvalue weighted by Crippen LogP contribution is 2.54. The average Bonchev–Trinajstić information content (AvgIpc) is 3.17. The molecule has 5 rings (SSSR count). The molecule has 1 spiro atoms. The summed E-state index contributed by atoms with van der Waals surface area (Å²) in [4.78, 5) is 0. The van der Waals surface area contributed by atoms with Crippen molar-refractivity contribution >= 4 is 5.71 Å². The maximum Gasteiger partial charge on any atom is 0.198 e. The van der Waals surface area contributed by atoms with Crippen molar-refractivity contribution in [3.05, 3.63) is 59.7 Å². The Kier molecular flexibility index (Phi) is 3.88. The molecule has 27 heavy (non-hydrogen) atoms. The van der Waals surface area contributed by atoms with Gasteiger partial charge in [0.1, 0.15) is 0 Å². The van der Waals surface area contributed by atoms with Crippen molar-refractivity contribution in [3.8, 4) is 11.5 Å². The molecule has 140 valence electrons. The second-order valence-corrected chi connectivity index (χ2v) is 8.09. The summed E-state index contributed by atoms with van der Waals surface area (Å²) in [7, 11) is 1.72. The molecule has 2 heterocycles. The summed E-state index contributed by atoms with van der Waals surface area (Å²) in [5.74, 6) is 2.50. The summed E-state index contributed by atoms with van der Waals surface area (Å²) in [6, 6.07) is 17.0. The third kappa shape index (κ3) is 2.61. The third-order valence-electron chi connectivity index (χ3n) is 6.37.